The standard InChI is InChI=1S/C15H26O/c1-13(2)7-5-8-14(3)9-6-10-15(4)11-12-16/h9,12,15H,1,5-8,10-11H2,2-4H3. The Morgan fingerprint density at radius 3 is 2.56 bits per heavy atom. The topological polar surface area (TPSA) is 17.1 Å². The third-order valence-corrected chi connectivity index (χ3v) is 2.83. The van der Waals surface area contributed by atoms with E-state index in [4.69, 9.17) is 0 Å². The highest BCUT2D eigenvalue weighted by Gasteiger charge is 1.99. The van der Waals surface area contributed by atoms with Gasteiger partial charge in [0.2, 0.25) is 0 Å². The van der Waals surface area contributed by atoms with E-state index in [9.17, 15) is 4.79 Å². The van der Waals surface area contributed by atoms with Crippen molar-refractivity contribution in [2.24, 2.45) is 5.92 Å². The van der Waals surface area contributed by atoms with Crippen molar-refractivity contribution in [3.8, 4) is 0 Å². The van der Waals surface area contributed by atoms with E-state index >= 15 is 0 Å². The molecule has 0 radical (unpaired) electrons. The first kappa shape index (κ1) is 15.2. The van der Waals surface area contributed by atoms with Crippen molar-refractivity contribution < 1.29 is 4.79 Å². The minimum Gasteiger partial charge on any atom is -0.303 e. The van der Waals surface area contributed by atoms with E-state index in [0.717, 1.165) is 25.5 Å². The zero-order valence-electron chi connectivity index (χ0n) is 11.1. The van der Waals surface area contributed by atoms with Gasteiger partial charge in [0.15, 0.2) is 0 Å². The van der Waals surface area contributed by atoms with Crippen LogP contribution >= 0.6 is 0 Å². The molecule has 0 amide bonds. The summed E-state index contributed by atoms with van der Waals surface area (Å²) in [5.41, 5.74) is 2.74. The first-order valence-electron chi connectivity index (χ1n) is 6.30. The van der Waals surface area contributed by atoms with Crippen LogP contribution in [0.15, 0.2) is 23.8 Å². The van der Waals surface area contributed by atoms with Crippen molar-refractivity contribution in [2.45, 2.75) is 59.3 Å². The maximum absolute atomic E-state index is 10.3. The second kappa shape index (κ2) is 9.38. The Kier molecular flexibility index (Phi) is 8.88. The third-order valence-electron chi connectivity index (χ3n) is 2.83. The van der Waals surface area contributed by atoms with Crippen LogP contribution in [0.3, 0.4) is 0 Å². The van der Waals surface area contributed by atoms with Crippen molar-refractivity contribution in [1.82, 2.24) is 0 Å². The van der Waals surface area contributed by atoms with Gasteiger partial charge in [-0.3, -0.25) is 0 Å². The van der Waals surface area contributed by atoms with Crippen LogP contribution in [0, 0.1) is 5.92 Å². The van der Waals surface area contributed by atoms with Crippen LogP contribution in [0.4, 0.5) is 0 Å². The molecule has 0 saturated carbocycles. The summed E-state index contributed by atoms with van der Waals surface area (Å²) >= 11 is 0. The molecule has 1 heteroatoms. The second-order valence-electron chi connectivity index (χ2n) is 4.95. The van der Waals surface area contributed by atoms with E-state index < -0.39 is 0 Å². The molecule has 0 aliphatic rings. The van der Waals surface area contributed by atoms with Gasteiger partial charge in [0.05, 0.1) is 0 Å². The molecular weight excluding hydrogens is 196 g/mol. The van der Waals surface area contributed by atoms with Crippen molar-refractivity contribution in [3.63, 3.8) is 0 Å². The molecule has 0 saturated heterocycles. The predicted octanol–water partition coefficient (Wildman–Crippen LogP) is 4.68. The van der Waals surface area contributed by atoms with Crippen LogP contribution in [-0.2, 0) is 4.79 Å². The number of carbonyl (C=O) groups excluding carboxylic acids is 1. The summed E-state index contributed by atoms with van der Waals surface area (Å²) in [7, 11) is 0. The van der Waals surface area contributed by atoms with Crippen LogP contribution in [0.1, 0.15) is 59.3 Å². The van der Waals surface area contributed by atoms with E-state index in [-0.39, 0.29) is 0 Å². The van der Waals surface area contributed by atoms with Crippen molar-refractivity contribution in [3.05, 3.63) is 23.8 Å². The Bertz CT molecular complexity index is 238. The van der Waals surface area contributed by atoms with Gasteiger partial charge in [-0.2, -0.15) is 0 Å². The van der Waals surface area contributed by atoms with Gasteiger partial charge in [-0.1, -0.05) is 24.1 Å². The van der Waals surface area contributed by atoms with Gasteiger partial charge in [-0.25, -0.2) is 0 Å². The normalized spacial score (nSPS) is 13.6. The highest BCUT2D eigenvalue weighted by Crippen LogP contribution is 2.14. The van der Waals surface area contributed by atoms with E-state index in [1.165, 1.54) is 24.0 Å². The van der Waals surface area contributed by atoms with E-state index in [0.29, 0.717) is 12.3 Å². The van der Waals surface area contributed by atoms with Crippen LogP contribution in [0.5, 0.6) is 0 Å². The predicted molar refractivity (Wildman–Crippen MR) is 71.5 cm³/mol. The minimum absolute atomic E-state index is 0.525. The molecule has 0 bridgehead atoms. The third kappa shape index (κ3) is 9.70. The molecule has 0 fully saturated rings. The molecule has 0 spiro atoms. The number of allylic oxidation sites excluding steroid dienone is 3. The first-order valence-corrected chi connectivity index (χ1v) is 6.30. The van der Waals surface area contributed by atoms with Gasteiger partial charge < -0.3 is 4.79 Å². The van der Waals surface area contributed by atoms with Gasteiger partial charge in [0, 0.05) is 6.42 Å². The van der Waals surface area contributed by atoms with E-state index in [1.54, 1.807) is 0 Å². The molecule has 0 aromatic heterocycles. The highest BCUT2D eigenvalue weighted by atomic mass is 16.1. The summed E-state index contributed by atoms with van der Waals surface area (Å²) in [5, 5.41) is 0. The fourth-order valence-electron chi connectivity index (χ4n) is 1.67. The number of hydrogen-bond donors (Lipinski definition) is 0. The summed E-state index contributed by atoms with van der Waals surface area (Å²) in [6, 6.07) is 0. The molecule has 92 valence electrons. The van der Waals surface area contributed by atoms with Crippen LogP contribution in [-0.4, -0.2) is 6.29 Å². The fourth-order valence-corrected chi connectivity index (χ4v) is 1.67. The molecule has 0 heterocycles. The van der Waals surface area contributed by atoms with Gasteiger partial charge in [0.25, 0.3) is 0 Å². The Morgan fingerprint density at radius 1 is 1.31 bits per heavy atom. The quantitative estimate of drug-likeness (QED) is 0.409. The Labute approximate surface area is 101 Å². The number of hydrogen-bond acceptors (Lipinski definition) is 1. The van der Waals surface area contributed by atoms with Crippen LogP contribution < -0.4 is 0 Å². The molecule has 0 N–H and O–H groups in total. The molecule has 1 unspecified atom stereocenters. The molecule has 0 aliphatic heterocycles. The zero-order valence-corrected chi connectivity index (χ0v) is 11.1. The monoisotopic (exact) mass is 222 g/mol. The second-order valence-corrected chi connectivity index (χ2v) is 4.95. The Balaban J connectivity index is 3.61. The molecule has 0 aliphatic carbocycles. The first-order chi connectivity index (χ1) is 7.56. The zero-order chi connectivity index (χ0) is 12.4. The smallest absolute Gasteiger partial charge is 0.120 e. The summed E-state index contributed by atoms with van der Waals surface area (Å²) in [5.74, 6) is 0.525. The van der Waals surface area contributed by atoms with E-state index in [1.807, 2.05) is 0 Å². The van der Waals surface area contributed by atoms with Crippen molar-refractivity contribution in [1.29, 1.82) is 0 Å². The summed E-state index contributed by atoms with van der Waals surface area (Å²) < 4.78 is 0. The van der Waals surface area contributed by atoms with Crippen LogP contribution in [0.2, 0.25) is 0 Å². The largest absolute Gasteiger partial charge is 0.303 e. The lowest BCUT2D eigenvalue weighted by Crippen LogP contribution is -1.94. The van der Waals surface area contributed by atoms with Gasteiger partial charge >= 0.3 is 0 Å². The van der Waals surface area contributed by atoms with Crippen LogP contribution in [0.25, 0.3) is 0 Å². The molecule has 1 nitrogen and oxygen atoms in total. The van der Waals surface area contributed by atoms with Crippen molar-refractivity contribution in [2.75, 3.05) is 0 Å². The van der Waals surface area contributed by atoms with Gasteiger partial charge in [0.1, 0.15) is 6.29 Å². The summed E-state index contributed by atoms with van der Waals surface area (Å²) in [4.78, 5) is 10.3. The average molecular weight is 222 g/mol. The number of rotatable bonds is 9. The van der Waals surface area contributed by atoms with Gasteiger partial charge in [-0.15, -0.1) is 6.58 Å². The maximum Gasteiger partial charge on any atom is 0.120 e. The van der Waals surface area contributed by atoms with Gasteiger partial charge in [-0.05, 0) is 51.9 Å². The van der Waals surface area contributed by atoms with Crippen molar-refractivity contribution >= 4 is 6.29 Å². The molecular formula is C15H26O. The molecule has 0 aromatic carbocycles. The molecule has 16 heavy (non-hydrogen) atoms. The number of aldehydes is 1. The lowest BCUT2D eigenvalue weighted by atomic mass is 10.0. The SMILES string of the molecule is C=C(C)CCCC(C)=CCCC(C)CC=O. The minimum atomic E-state index is 0.525. The lowest BCUT2D eigenvalue weighted by Gasteiger charge is -2.05. The number of carbonyl (C=O) groups is 1. The van der Waals surface area contributed by atoms with E-state index in [2.05, 4.69) is 33.4 Å². The molecule has 1 atom stereocenters. The summed E-state index contributed by atoms with van der Waals surface area (Å²) in [6.45, 7) is 10.3. The molecule has 0 aromatic rings. The Hall–Kier alpha value is -0.850. The molecule has 0 rings (SSSR count). The lowest BCUT2D eigenvalue weighted by molar-refractivity contribution is -0.108. The average Bonchev–Trinajstić information content (AvgIpc) is 2.17. The summed E-state index contributed by atoms with van der Waals surface area (Å²) in [6.07, 6.45) is 9.78. The maximum atomic E-state index is 10.3. The Morgan fingerprint density at radius 2 is 2.00 bits per heavy atom. The highest BCUT2D eigenvalue weighted by molar-refractivity contribution is 5.49. The fraction of sp³-hybridized carbons (Fsp3) is 0.667.